The van der Waals surface area contributed by atoms with Crippen LogP contribution in [0.3, 0.4) is 0 Å². The van der Waals surface area contributed by atoms with Crippen LogP contribution in [0.25, 0.3) is 0 Å². The first-order valence-electron chi connectivity index (χ1n) is 14.2. The second-order valence-corrected chi connectivity index (χ2v) is 10.6. The predicted molar refractivity (Wildman–Crippen MR) is 141 cm³/mol. The molecule has 3 rings (SSSR count). The van der Waals surface area contributed by atoms with Gasteiger partial charge < -0.3 is 56.8 Å². The lowest BCUT2D eigenvalue weighted by atomic mass is 9.87. The van der Waals surface area contributed by atoms with Gasteiger partial charge in [-0.15, -0.1) is 0 Å². The lowest BCUT2D eigenvalue weighted by Gasteiger charge is -2.35. The quantitative estimate of drug-likeness (QED) is 0.140. The molecule has 6 atom stereocenters. The van der Waals surface area contributed by atoms with Crippen LogP contribution in [-0.4, -0.2) is 132 Å². The number of rotatable bonds is 19. The Balaban J connectivity index is 1.51. The van der Waals surface area contributed by atoms with E-state index < -0.39 is 78.4 Å². The van der Waals surface area contributed by atoms with E-state index in [1.165, 1.54) is 0 Å². The standard InChI is InChI=1S/C27H38O18/c1-5-27(12-40-15(2)6-34-21(28)18-9-37-24(31)43-18,13-41-16(3)7-35-22(29)19-10-38-25(32)44-19)14-42-17(4)8-36-23(30)20-11-39-26(33)45-20/h15-20H,5-14H2,1-4H3. The van der Waals surface area contributed by atoms with Gasteiger partial charge in [0.05, 0.1) is 38.1 Å². The molecule has 0 aromatic heterocycles. The van der Waals surface area contributed by atoms with Crippen molar-refractivity contribution in [2.24, 2.45) is 5.41 Å². The van der Waals surface area contributed by atoms with E-state index in [9.17, 15) is 28.8 Å². The Hall–Kier alpha value is -3.90. The van der Waals surface area contributed by atoms with Crippen molar-refractivity contribution in [2.75, 3.05) is 59.5 Å². The summed E-state index contributed by atoms with van der Waals surface area (Å²) in [6, 6.07) is 0. The average Bonchev–Trinajstić information content (AvgIpc) is 3.78. The fourth-order valence-electron chi connectivity index (χ4n) is 3.74. The Labute approximate surface area is 258 Å². The SMILES string of the molecule is CCC(COC(C)COC(=O)C1COC(=O)O1)(COC(C)COC(=O)C1COC(=O)O1)COC(C)COC(=O)C1COC(=O)O1. The number of carbonyl (C=O) groups is 6. The number of hydrogen-bond donors (Lipinski definition) is 0. The van der Waals surface area contributed by atoms with Crippen LogP contribution in [0.4, 0.5) is 14.4 Å². The number of esters is 3. The molecule has 18 heteroatoms. The second kappa shape index (κ2) is 17.0. The molecule has 0 saturated carbocycles. The van der Waals surface area contributed by atoms with Crippen molar-refractivity contribution in [1.29, 1.82) is 0 Å². The normalized spacial score (nSPS) is 24.0. The molecule has 0 radical (unpaired) electrons. The summed E-state index contributed by atoms with van der Waals surface area (Å²) in [6.45, 7) is 6.01. The van der Waals surface area contributed by atoms with Gasteiger partial charge in [-0.3, -0.25) is 0 Å². The van der Waals surface area contributed by atoms with Crippen LogP contribution in [0, 0.1) is 5.41 Å². The van der Waals surface area contributed by atoms with E-state index in [0.29, 0.717) is 6.42 Å². The third-order valence-electron chi connectivity index (χ3n) is 6.71. The third-order valence-corrected chi connectivity index (χ3v) is 6.71. The summed E-state index contributed by atoms with van der Waals surface area (Å²) in [7, 11) is 0. The van der Waals surface area contributed by atoms with Gasteiger partial charge in [0.15, 0.2) is 0 Å². The molecule has 3 aliphatic rings. The first-order chi connectivity index (χ1) is 21.4. The van der Waals surface area contributed by atoms with Crippen molar-refractivity contribution in [3.63, 3.8) is 0 Å². The van der Waals surface area contributed by atoms with Crippen LogP contribution in [0.15, 0.2) is 0 Å². The van der Waals surface area contributed by atoms with Crippen molar-refractivity contribution in [3.8, 4) is 0 Å². The van der Waals surface area contributed by atoms with Crippen molar-refractivity contribution in [3.05, 3.63) is 0 Å². The van der Waals surface area contributed by atoms with E-state index in [1.807, 2.05) is 6.92 Å². The first-order valence-corrected chi connectivity index (χ1v) is 14.2. The summed E-state index contributed by atoms with van der Waals surface area (Å²) >= 11 is 0. The Kier molecular flexibility index (Phi) is 13.4. The van der Waals surface area contributed by atoms with Crippen molar-refractivity contribution >= 4 is 36.4 Å². The van der Waals surface area contributed by atoms with Gasteiger partial charge in [-0.25, -0.2) is 28.8 Å². The minimum absolute atomic E-state index is 0.0769. The maximum atomic E-state index is 12.1. The van der Waals surface area contributed by atoms with Gasteiger partial charge >= 0.3 is 36.4 Å². The Morgan fingerprint density at radius 3 is 1.13 bits per heavy atom. The summed E-state index contributed by atoms with van der Waals surface area (Å²) < 4.78 is 61.3. The number of hydrogen-bond acceptors (Lipinski definition) is 18. The highest BCUT2D eigenvalue weighted by atomic mass is 16.8. The second-order valence-electron chi connectivity index (χ2n) is 10.6. The maximum absolute atomic E-state index is 12.1. The third kappa shape index (κ3) is 11.5. The lowest BCUT2D eigenvalue weighted by molar-refractivity contribution is -0.163. The average molecular weight is 651 g/mol. The zero-order valence-corrected chi connectivity index (χ0v) is 25.4. The molecule has 3 aliphatic heterocycles. The fourth-order valence-corrected chi connectivity index (χ4v) is 3.74. The van der Waals surface area contributed by atoms with Crippen molar-refractivity contribution < 1.29 is 85.6 Å². The van der Waals surface area contributed by atoms with Crippen LogP contribution < -0.4 is 0 Å². The molecule has 3 heterocycles. The van der Waals surface area contributed by atoms with Crippen LogP contribution in [0.1, 0.15) is 34.1 Å². The first kappa shape index (κ1) is 35.6. The Bertz CT molecular complexity index is 934. The Morgan fingerprint density at radius 1 is 0.622 bits per heavy atom. The van der Waals surface area contributed by atoms with Crippen LogP contribution in [-0.2, 0) is 71.2 Å². The zero-order chi connectivity index (χ0) is 33.0. The van der Waals surface area contributed by atoms with Gasteiger partial charge in [-0.05, 0) is 27.2 Å². The minimum Gasteiger partial charge on any atom is -0.460 e. The van der Waals surface area contributed by atoms with E-state index in [4.69, 9.17) is 42.6 Å². The molecule has 3 fully saturated rings. The molecule has 254 valence electrons. The molecule has 45 heavy (non-hydrogen) atoms. The van der Waals surface area contributed by atoms with Gasteiger partial charge in [-0.2, -0.15) is 0 Å². The molecule has 0 amide bonds. The molecule has 0 N–H and O–H groups in total. The molecule has 0 aromatic carbocycles. The maximum Gasteiger partial charge on any atom is 0.509 e. The summed E-state index contributed by atoms with van der Waals surface area (Å²) in [5.74, 6) is -2.31. The van der Waals surface area contributed by atoms with E-state index in [-0.39, 0.29) is 59.5 Å². The highest BCUT2D eigenvalue weighted by molar-refractivity contribution is 5.80. The van der Waals surface area contributed by atoms with Crippen LogP contribution >= 0.6 is 0 Å². The van der Waals surface area contributed by atoms with Crippen molar-refractivity contribution in [2.45, 2.75) is 70.7 Å². The lowest BCUT2D eigenvalue weighted by Crippen LogP contribution is -2.41. The van der Waals surface area contributed by atoms with E-state index >= 15 is 0 Å². The fraction of sp³-hybridized carbons (Fsp3) is 0.778. The monoisotopic (exact) mass is 650 g/mol. The molecule has 3 saturated heterocycles. The number of carbonyl (C=O) groups excluding carboxylic acids is 6. The number of ether oxygens (including phenoxy) is 12. The molecule has 0 aliphatic carbocycles. The van der Waals surface area contributed by atoms with E-state index in [2.05, 4.69) is 14.2 Å². The molecule has 6 unspecified atom stereocenters. The van der Waals surface area contributed by atoms with Crippen LogP contribution in [0.2, 0.25) is 0 Å². The zero-order valence-electron chi connectivity index (χ0n) is 25.4. The van der Waals surface area contributed by atoms with Gasteiger partial charge in [0.25, 0.3) is 0 Å². The van der Waals surface area contributed by atoms with E-state index in [1.54, 1.807) is 20.8 Å². The summed E-state index contributed by atoms with van der Waals surface area (Å²) in [4.78, 5) is 69.5. The molecule has 0 spiro atoms. The smallest absolute Gasteiger partial charge is 0.460 e. The van der Waals surface area contributed by atoms with Gasteiger partial charge in [0.2, 0.25) is 18.3 Å². The van der Waals surface area contributed by atoms with Crippen LogP contribution in [0.5, 0.6) is 0 Å². The predicted octanol–water partition coefficient (Wildman–Crippen LogP) is 0.834. The molecule has 0 bridgehead atoms. The molecule has 0 aromatic rings. The van der Waals surface area contributed by atoms with Crippen molar-refractivity contribution in [1.82, 2.24) is 0 Å². The minimum atomic E-state index is -1.14. The summed E-state index contributed by atoms with van der Waals surface area (Å²) in [5.41, 5.74) is -0.771. The highest BCUT2D eigenvalue weighted by Crippen LogP contribution is 2.26. The van der Waals surface area contributed by atoms with Gasteiger partial charge in [-0.1, -0.05) is 6.92 Å². The topological polar surface area (TPSA) is 213 Å². The van der Waals surface area contributed by atoms with Gasteiger partial charge in [0.1, 0.15) is 39.6 Å². The van der Waals surface area contributed by atoms with E-state index in [0.717, 1.165) is 0 Å². The number of cyclic esters (lactones) is 6. The Morgan fingerprint density at radius 2 is 0.911 bits per heavy atom. The van der Waals surface area contributed by atoms with Gasteiger partial charge in [0, 0.05) is 5.41 Å². The molecule has 18 nitrogen and oxygen atoms in total. The molecular formula is C27H38O18. The highest BCUT2D eigenvalue weighted by Gasteiger charge is 2.37. The summed E-state index contributed by atoms with van der Waals surface area (Å²) in [6.07, 6.45) is -7.54. The largest absolute Gasteiger partial charge is 0.509 e. The molecular weight excluding hydrogens is 612 g/mol. The summed E-state index contributed by atoms with van der Waals surface area (Å²) in [5, 5.41) is 0.